The maximum atomic E-state index is 12.2. The minimum absolute atomic E-state index is 0.331. The number of sulfonamides is 1. The summed E-state index contributed by atoms with van der Waals surface area (Å²) in [5.74, 6) is 0. The van der Waals surface area contributed by atoms with Crippen molar-refractivity contribution in [1.29, 1.82) is 0 Å². The first-order valence-corrected chi connectivity index (χ1v) is 7.32. The van der Waals surface area contributed by atoms with Gasteiger partial charge < -0.3 is 5.73 Å². The van der Waals surface area contributed by atoms with E-state index in [0.29, 0.717) is 23.0 Å². The van der Waals surface area contributed by atoms with Crippen LogP contribution in [-0.4, -0.2) is 25.8 Å². The Hall–Kier alpha value is -0.850. The van der Waals surface area contributed by atoms with Gasteiger partial charge in [0.05, 0.1) is 0 Å². The molecule has 0 amide bonds. The summed E-state index contributed by atoms with van der Waals surface area (Å²) in [5.41, 5.74) is 7.30. The standard InChI is InChI=1S/C10H14N2O2S2/c1-8-2-4-12(5-3-8)16(13,14)10-6-9(11)7-15-10/h2,6-7H,3-5,11H2,1H3. The van der Waals surface area contributed by atoms with E-state index in [2.05, 4.69) is 0 Å². The molecule has 4 nitrogen and oxygen atoms in total. The molecule has 1 aromatic rings. The monoisotopic (exact) mass is 258 g/mol. The molecule has 0 radical (unpaired) electrons. The van der Waals surface area contributed by atoms with Crippen molar-refractivity contribution in [2.45, 2.75) is 17.6 Å². The third kappa shape index (κ3) is 2.14. The van der Waals surface area contributed by atoms with E-state index in [1.54, 1.807) is 5.38 Å². The highest BCUT2D eigenvalue weighted by atomic mass is 32.2. The van der Waals surface area contributed by atoms with Crippen LogP contribution in [0.1, 0.15) is 13.3 Å². The summed E-state index contributed by atoms with van der Waals surface area (Å²) in [7, 11) is -3.34. The van der Waals surface area contributed by atoms with Gasteiger partial charge in [0.1, 0.15) is 4.21 Å². The summed E-state index contributed by atoms with van der Waals surface area (Å²) >= 11 is 1.18. The molecule has 0 atom stereocenters. The molecule has 6 heteroatoms. The quantitative estimate of drug-likeness (QED) is 0.821. The molecular formula is C10H14N2O2S2. The number of nitrogens with zero attached hydrogens (tertiary/aromatic N) is 1. The number of thiophene rings is 1. The van der Waals surface area contributed by atoms with Crippen LogP contribution in [0.5, 0.6) is 0 Å². The third-order valence-corrected chi connectivity index (χ3v) is 5.89. The van der Waals surface area contributed by atoms with E-state index in [-0.39, 0.29) is 0 Å². The predicted molar refractivity (Wildman–Crippen MR) is 65.9 cm³/mol. The summed E-state index contributed by atoms with van der Waals surface area (Å²) in [4.78, 5) is 0. The third-order valence-electron chi connectivity index (χ3n) is 2.59. The lowest BCUT2D eigenvalue weighted by Gasteiger charge is -2.23. The Labute approximate surface area is 99.4 Å². The van der Waals surface area contributed by atoms with Crippen LogP contribution in [0.2, 0.25) is 0 Å². The second kappa shape index (κ2) is 4.20. The molecule has 16 heavy (non-hydrogen) atoms. The van der Waals surface area contributed by atoms with Gasteiger partial charge in [-0.1, -0.05) is 11.6 Å². The number of nitrogen functional groups attached to an aromatic ring is 1. The smallest absolute Gasteiger partial charge is 0.252 e. The Bertz CT molecular complexity index is 517. The van der Waals surface area contributed by atoms with Crippen LogP contribution in [0.15, 0.2) is 27.3 Å². The highest BCUT2D eigenvalue weighted by molar-refractivity contribution is 7.91. The molecule has 0 spiro atoms. The molecule has 0 unspecified atom stereocenters. The molecule has 2 rings (SSSR count). The van der Waals surface area contributed by atoms with Crippen molar-refractivity contribution in [3.05, 3.63) is 23.1 Å². The van der Waals surface area contributed by atoms with Gasteiger partial charge in [-0.05, 0) is 19.4 Å². The summed E-state index contributed by atoms with van der Waals surface area (Å²) in [6, 6.07) is 1.52. The number of rotatable bonds is 2. The molecule has 0 aromatic carbocycles. The van der Waals surface area contributed by atoms with E-state index >= 15 is 0 Å². The number of anilines is 1. The van der Waals surface area contributed by atoms with Gasteiger partial charge in [0.2, 0.25) is 0 Å². The van der Waals surface area contributed by atoms with Crippen molar-refractivity contribution in [2.24, 2.45) is 0 Å². The van der Waals surface area contributed by atoms with E-state index in [0.717, 1.165) is 6.42 Å². The topological polar surface area (TPSA) is 63.4 Å². The van der Waals surface area contributed by atoms with E-state index in [4.69, 9.17) is 5.73 Å². The van der Waals surface area contributed by atoms with Crippen LogP contribution in [0.3, 0.4) is 0 Å². The minimum Gasteiger partial charge on any atom is -0.398 e. The Balaban J connectivity index is 2.27. The largest absolute Gasteiger partial charge is 0.398 e. The normalized spacial score (nSPS) is 18.4. The molecular weight excluding hydrogens is 244 g/mol. The van der Waals surface area contributed by atoms with Crippen LogP contribution in [-0.2, 0) is 10.0 Å². The van der Waals surface area contributed by atoms with Gasteiger partial charge in [-0.15, -0.1) is 11.3 Å². The van der Waals surface area contributed by atoms with Crippen molar-refractivity contribution in [3.8, 4) is 0 Å². The fraction of sp³-hybridized carbons (Fsp3) is 0.400. The number of hydrogen-bond acceptors (Lipinski definition) is 4. The minimum atomic E-state index is -3.34. The molecule has 0 bridgehead atoms. The van der Waals surface area contributed by atoms with Crippen molar-refractivity contribution in [1.82, 2.24) is 4.31 Å². The van der Waals surface area contributed by atoms with E-state index in [1.165, 1.54) is 27.3 Å². The maximum absolute atomic E-state index is 12.2. The predicted octanol–water partition coefficient (Wildman–Crippen LogP) is 1.67. The van der Waals surface area contributed by atoms with Gasteiger partial charge in [-0.2, -0.15) is 4.31 Å². The van der Waals surface area contributed by atoms with Crippen LogP contribution >= 0.6 is 11.3 Å². The van der Waals surface area contributed by atoms with Crippen LogP contribution in [0.4, 0.5) is 5.69 Å². The first kappa shape index (κ1) is 11.6. The van der Waals surface area contributed by atoms with Gasteiger partial charge in [-0.25, -0.2) is 8.42 Å². The summed E-state index contributed by atoms with van der Waals surface area (Å²) < 4.78 is 26.1. The molecule has 0 saturated carbocycles. The van der Waals surface area contributed by atoms with Gasteiger partial charge >= 0.3 is 0 Å². The number of hydrogen-bond donors (Lipinski definition) is 1. The van der Waals surface area contributed by atoms with Crippen LogP contribution in [0, 0.1) is 0 Å². The molecule has 88 valence electrons. The van der Waals surface area contributed by atoms with Crippen LogP contribution in [0.25, 0.3) is 0 Å². The highest BCUT2D eigenvalue weighted by Gasteiger charge is 2.26. The van der Waals surface area contributed by atoms with Crippen LogP contribution < -0.4 is 5.73 Å². The van der Waals surface area contributed by atoms with E-state index < -0.39 is 10.0 Å². The first-order valence-electron chi connectivity index (χ1n) is 5.00. The van der Waals surface area contributed by atoms with Gasteiger partial charge in [0, 0.05) is 24.2 Å². The summed E-state index contributed by atoms with van der Waals surface area (Å²) in [6.45, 7) is 3.04. The molecule has 0 saturated heterocycles. The van der Waals surface area contributed by atoms with E-state index in [9.17, 15) is 8.42 Å². The van der Waals surface area contributed by atoms with Crippen molar-refractivity contribution >= 4 is 27.0 Å². The SMILES string of the molecule is CC1=CCN(S(=O)(=O)c2cc(N)cs2)CC1. The molecule has 0 aliphatic carbocycles. The highest BCUT2D eigenvalue weighted by Crippen LogP contribution is 2.26. The molecule has 2 heterocycles. The van der Waals surface area contributed by atoms with E-state index in [1.807, 2.05) is 13.0 Å². The number of nitrogens with two attached hydrogens (primary N) is 1. The second-order valence-electron chi connectivity index (χ2n) is 3.86. The van der Waals surface area contributed by atoms with Crippen molar-refractivity contribution < 1.29 is 8.42 Å². The van der Waals surface area contributed by atoms with Crippen molar-refractivity contribution in [3.63, 3.8) is 0 Å². The molecule has 2 N–H and O–H groups in total. The fourth-order valence-corrected chi connectivity index (χ4v) is 4.18. The Morgan fingerprint density at radius 1 is 1.50 bits per heavy atom. The maximum Gasteiger partial charge on any atom is 0.252 e. The zero-order chi connectivity index (χ0) is 11.8. The average Bonchev–Trinajstić information content (AvgIpc) is 2.66. The zero-order valence-corrected chi connectivity index (χ0v) is 10.6. The van der Waals surface area contributed by atoms with Gasteiger partial charge in [0.15, 0.2) is 0 Å². The fourth-order valence-electron chi connectivity index (χ4n) is 1.56. The molecule has 1 aliphatic rings. The second-order valence-corrected chi connectivity index (χ2v) is 6.94. The lowest BCUT2D eigenvalue weighted by molar-refractivity contribution is 0.433. The lowest BCUT2D eigenvalue weighted by atomic mass is 10.1. The van der Waals surface area contributed by atoms with Gasteiger partial charge in [0.25, 0.3) is 10.0 Å². The zero-order valence-electron chi connectivity index (χ0n) is 9.01. The lowest BCUT2D eigenvalue weighted by Crippen LogP contribution is -2.34. The van der Waals surface area contributed by atoms with Crippen molar-refractivity contribution in [2.75, 3.05) is 18.8 Å². The molecule has 0 fully saturated rings. The molecule has 1 aromatic heterocycles. The first-order chi connectivity index (χ1) is 7.50. The Morgan fingerprint density at radius 2 is 2.25 bits per heavy atom. The molecule has 1 aliphatic heterocycles. The summed E-state index contributed by atoms with van der Waals surface area (Å²) in [6.07, 6.45) is 2.76. The average molecular weight is 258 g/mol. The Morgan fingerprint density at radius 3 is 2.75 bits per heavy atom. The Kier molecular flexibility index (Phi) is 3.05. The summed E-state index contributed by atoms with van der Waals surface area (Å²) in [5, 5.41) is 1.65. The van der Waals surface area contributed by atoms with Gasteiger partial charge in [-0.3, -0.25) is 0 Å².